The predicted octanol–water partition coefficient (Wildman–Crippen LogP) is 6.88. The van der Waals surface area contributed by atoms with Gasteiger partial charge in [0.15, 0.2) is 0 Å². The van der Waals surface area contributed by atoms with Crippen LogP contribution in [0.15, 0.2) is 54.7 Å². The summed E-state index contributed by atoms with van der Waals surface area (Å²) in [6.45, 7) is 1.94. The zero-order valence-corrected chi connectivity index (χ0v) is 17.8. The summed E-state index contributed by atoms with van der Waals surface area (Å²) in [5, 5.41) is 0. The summed E-state index contributed by atoms with van der Waals surface area (Å²) in [5.41, 5.74) is -1.60. The average Bonchev–Trinajstić information content (AvgIpc) is 3.00. The van der Waals surface area contributed by atoms with Crippen LogP contribution in [-0.4, -0.2) is 23.0 Å². The second-order valence-electron chi connectivity index (χ2n) is 7.96. The van der Waals surface area contributed by atoms with E-state index in [0.29, 0.717) is 11.1 Å². The van der Waals surface area contributed by atoms with Crippen molar-refractivity contribution in [3.8, 4) is 17.0 Å². The number of aromatic nitrogens is 1. The van der Waals surface area contributed by atoms with Gasteiger partial charge < -0.3 is 4.74 Å². The van der Waals surface area contributed by atoms with Crippen molar-refractivity contribution in [3.63, 3.8) is 0 Å². The zero-order valence-electron chi connectivity index (χ0n) is 17.8. The summed E-state index contributed by atoms with van der Waals surface area (Å²) in [6.07, 6.45) is -8.42. The minimum Gasteiger partial charge on any atom is -0.476 e. The van der Waals surface area contributed by atoms with E-state index in [-0.39, 0.29) is 42.8 Å². The van der Waals surface area contributed by atoms with Crippen molar-refractivity contribution in [2.45, 2.75) is 31.9 Å². The summed E-state index contributed by atoms with van der Waals surface area (Å²) in [4.78, 5) is 5.87. The maximum atomic E-state index is 14.5. The molecule has 2 aromatic carbocycles. The number of fused-ring (bicyclic) bond motifs is 1. The van der Waals surface area contributed by atoms with E-state index in [4.69, 9.17) is 4.74 Å². The Morgan fingerprint density at radius 1 is 0.912 bits per heavy atom. The van der Waals surface area contributed by atoms with Crippen molar-refractivity contribution in [2.24, 2.45) is 0 Å². The Kier molecular flexibility index (Phi) is 6.28. The topological polar surface area (TPSA) is 25.4 Å². The van der Waals surface area contributed by atoms with Crippen LogP contribution in [0.2, 0.25) is 0 Å². The molecule has 34 heavy (non-hydrogen) atoms. The number of nitrogens with zero attached hydrogens (tertiary/aromatic N) is 2. The fourth-order valence-electron chi connectivity index (χ4n) is 3.99. The van der Waals surface area contributed by atoms with Crippen molar-refractivity contribution in [3.05, 3.63) is 82.8 Å². The van der Waals surface area contributed by atoms with Crippen LogP contribution in [0, 0.1) is 5.82 Å². The molecule has 3 aromatic rings. The van der Waals surface area contributed by atoms with Gasteiger partial charge in [-0.1, -0.05) is 18.2 Å². The number of alkyl halides is 6. The van der Waals surface area contributed by atoms with E-state index in [2.05, 4.69) is 4.98 Å². The van der Waals surface area contributed by atoms with Gasteiger partial charge in [-0.15, -0.1) is 0 Å². The second kappa shape index (κ2) is 8.90. The number of pyridine rings is 1. The molecular formula is C24H19F7N2O. The summed E-state index contributed by atoms with van der Waals surface area (Å²) in [5.74, 6) is -0.233. The molecule has 0 spiro atoms. The summed E-state index contributed by atoms with van der Waals surface area (Å²) < 4.78 is 100. The Morgan fingerprint density at radius 3 is 2.18 bits per heavy atom. The summed E-state index contributed by atoms with van der Waals surface area (Å²) in [6, 6.07) is 8.40. The molecule has 10 heteroatoms. The Bertz CT molecular complexity index is 1160. The standard InChI is InChI=1S/C24H19F7N2O/c1-14(15-10-16(23(26,27)28)12-17(11-15)24(29,30)31)33-8-9-34-22-20(13-33)18(6-7-32-22)19-4-2-3-5-21(19)25/h2-7,10-12,14H,8-9,13H2,1H3. The summed E-state index contributed by atoms with van der Waals surface area (Å²) >= 11 is 0. The van der Waals surface area contributed by atoms with Gasteiger partial charge in [-0.3, -0.25) is 4.90 Å². The number of ether oxygens (including phenoxy) is 1. The summed E-state index contributed by atoms with van der Waals surface area (Å²) in [7, 11) is 0. The zero-order chi connectivity index (χ0) is 24.7. The van der Waals surface area contributed by atoms with Crippen LogP contribution in [0.1, 0.15) is 35.2 Å². The molecule has 0 saturated heterocycles. The highest BCUT2D eigenvalue weighted by Gasteiger charge is 2.38. The molecule has 0 fully saturated rings. The first-order valence-corrected chi connectivity index (χ1v) is 10.3. The largest absolute Gasteiger partial charge is 0.476 e. The van der Waals surface area contributed by atoms with Crippen molar-refractivity contribution < 1.29 is 35.5 Å². The van der Waals surface area contributed by atoms with Crippen LogP contribution < -0.4 is 4.74 Å². The maximum absolute atomic E-state index is 14.5. The molecule has 0 saturated carbocycles. The molecule has 0 bridgehead atoms. The average molecular weight is 484 g/mol. The van der Waals surface area contributed by atoms with Gasteiger partial charge in [0.2, 0.25) is 5.88 Å². The van der Waals surface area contributed by atoms with E-state index in [0.717, 1.165) is 12.1 Å². The van der Waals surface area contributed by atoms with Crippen LogP contribution in [0.4, 0.5) is 30.7 Å². The molecule has 0 amide bonds. The Hall–Kier alpha value is -3.14. The molecule has 3 nitrogen and oxygen atoms in total. The molecule has 2 heterocycles. The third-order valence-electron chi connectivity index (χ3n) is 5.80. The number of halogens is 7. The van der Waals surface area contributed by atoms with Crippen molar-refractivity contribution >= 4 is 0 Å². The first-order valence-electron chi connectivity index (χ1n) is 10.3. The molecule has 0 N–H and O–H groups in total. The van der Waals surface area contributed by atoms with Gasteiger partial charge >= 0.3 is 12.4 Å². The number of benzene rings is 2. The van der Waals surface area contributed by atoms with Crippen LogP contribution >= 0.6 is 0 Å². The third-order valence-corrected chi connectivity index (χ3v) is 5.80. The minimum atomic E-state index is -4.94. The highest BCUT2D eigenvalue weighted by atomic mass is 19.4. The van der Waals surface area contributed by atoms with Gasteiger partial charge in [0, 0.05) is 36.5 Å². The van der Waals surface area contributed by atoms with E-state index >= 15 is 0 Å². The van der Waals surface area contributed by atoms with Crippen LogP contribution in [0.25, 0.3) is 11.1 Å². The SMILES string of the molecule is CC(c1cc(C(F)(F)F)cc(C(F)(F)F)c1)N1CCOc2nccc(-c3ccccc3F)c2C1. The lowest BCUT2D eigenvalue weighted by molar-refractivity contribution is -0.143. The van der Waals surface area contributed by atoms with Crippen molar-refractivity contribution in [1.82, 2.24) is 9.88 Å². The third kappa shape index (κ3) is 4.86. The Labute approximate surface area is 190 Å². The number of hydrogen-bond acceptors (Lipinski definition) is 3. The predicted molar refractivity (Wildman–Crippen MR) is 110 cm³/mol. The van der Waals surface area contributed by atoms with Crippen molar-refractivity contribution in [1.29, 1.82) is 0 Å². The normalized spacial score (nSPS) is 15.9. The van der Waals surface area contributed by atoms with E-state index in [1.807, 2.05) is 0 Å². The fourth-order valence-corrected chi connectivity index (χ4v) is 3.99. The molecule has 1 aromatic heterocycles. The second-order valence-corrected chi connectivity index (χ2v) is 7.96. The lowest BCUT2D eigenvalue weighted by Crippen LogP contribution is -2.29. The van der Waals surface area contributed by atoms with Gasteiger partial charge in [-0.2, -0.15) is 26.3 Å². The minimum absolute atomic E-state index is 0.0889. The van der Waals surface area contributed by atoms with Gasteiger partial charge in [0.05, 0.1) is 11.1 Å². The molecule has 0 aliphatic carbocycles. The molecule has 0 radical (unpaired) electrons. The van der Waals surface area contributed by atoms with E-state index < -0.39 is 35.3 Å². The van der Waals surface area contributed by atoms with Crippen molar-refractivity contribution in [2.75, 3.05) is 13.2 Å². The highest BCUT2D eigenvalue weighted by Crippen LogP contribution is 2.40. The highest BCUT2D eigenvalue weighted by molar-refractivity contribution is 5.69. The van der Waals surface area contributed by atoms with Gasteiger partial charge in [-0.05, 0) is 48.4 Å². The molecule has 1 atom stereocenters. The lowest BCUT2D eigenvalue weighted by Gasteiger charge is -2.29. The molecule has 1 aliphatic heterocycles. The van der Waals surface area contributed by atoms with Crippen LogP contribution in [0.5, 0.6) is 5.88 Å². The molecule has 1 aliphatic rings. The monoisotopic (exact) mass is 484 g/mol. The van der Waals surface area contributed by atoms with Gasteiger partial charge in [0.1, 0.15) is 12.4 Å². The lowest BCUT2D eigenvalue weighted by atomic mass is 9.97. The molecule has 4 rings (SSSR count). The molecule has 180 valence electrons. The van der Waals surface area contributed by atoms with Gasteiger partial charge in [-0.25, -0.2) is 9.37 Å². The van der Waals surface area contributed by atoms with Gasteiger partial charge in [0.25, 0.3) is 0 Å². The van der Waals surface area contributed by atoms with Crippen LogP contribution in [-0.2, 0) is 18.9 Å². The fraction of sp³-hybridized carbons (Fsp3) is 0.292. The first kappa shape index (κ1) is 24.0. The van der Waals surface area contributed by atoms with E-state index in [1.54, 1.807) is 23.1 Å². The van der Waals surface area contributed by atoms with E-state index in [1.165, 1.54) is 25.3 Å². The smallest absolute Gasteiger partial charge is 0.416 e. The van der Waals surface area contributed by atoms with Crippen LogP contribution in [0.3, 0.4) is 0 Å². The van der Waals surface area contributed by atoms with E-state index in [9.17, 15) is 30.7 Å². The molecule has 1 unspecified atom stereocenters. The maximum Gasteiger partial charge on any atom is 0.416 e. The Balaban J connectivity index is 1.75. The molecular weight excluding hydrogens is 465 g/mol. The number of rotatable bonds is 3. The first-order chi connectivity index (χ1) is 15.9. The quantitative estimate of drug-likeness (QED) is 0.379. The number of hydrogen-bond donors (Lipinski definition) is 0. The Morgan fingerprint density at radius 2 is 1.56 bits per heavy atom.